The van der Waals surface area contributed by atoms with E-state index in [0.29, 0.717) is 17.4 Å². The highest BCUT2D eigenvalue weighted by molar-refractivity contribution is 7.99. The molecule has 2 rings (SSSR count). The van der Waals surface area contributed by atoms with Gasteiger partial charge in [0, 0.05) is 25.9 Å². The monoisotopic (exact) mass is 279 g/mol. The molecule has 2 aromatic rings. The average Bonchev–Trinajstić information content (AvgIpc) is 2.75. The Kier molecular flexibility index (Phi) is 4.00. The lowest BCUT2D eigenvalue weighted by atomic mass is 10.4. The van der Waals surface area contributed by atoms with Crippen LogP contribution in [0.15, 0.2) is 34.4 Å². The fourth-order valence-electron chi connectivity index (χ4n) is 1.49. The van der Waals surface area contributed by atoms with Gasteiger partial charge in [0.2, 0.25) is 0 Å². The summed E-state index contributed by atoms with van der Waals surface area (Å²) in [6.45, 7) is 2.57. The summed E-state index contributed by atoms with van der Waals surface area (Å²) in [4.78, 5) is 15.7. The van der Waals surface area contributed by atoms with E-state index in [0.717, 1.165) is 4.90 Å². The molecule has 0 aliphatic carbocycles. The molecule has 0 saturated heterocycles. The van der Waals surface area contributed by atoms with Crippen LogP contribution in [-0.2, 0) is 7.05 Å². The molecule has 2 aromatic heterocycles. The van der Waals surface area contributed by atoms with Crippen LogP contribution in [0.2, 0.25) is 0 Å². The normalized spacial score (nSPS) is 10.4. The number of anilines is 1. The van der Waals surface area contributed by atoms with Gasteiger partial charge in [-0.1, -0.05) is 11.8 Å². The minimum absolute atomic E-state index is 0.0253. The van der Waals surface area contributed by atoms with Gasteiger partial charge in [-0.2, -0.15) is 5.10 Å². The standard InChI is InChI=1S/C11H13N5O2S/c1-3-12-10-4-8(16(17)18)5-11(14-10)19-9-6-13-15(2)7-9/h4-7H,3H2,1-2H3,(H,12,14). The molecule has 0 bridgehead atoms. The molecule has 0 saturated carbocycles. The zero-order chi connectivity index (χ0) is 13.8. The van der Waals surface area contributed by atoms with Gasteiger partial charge in [0.25, 0.3) is 5.69 Å². The second-order valence-corrected chi connectivity index (χ2v) is 4.88. The van der Waals surface area contributed by atoms with Crippen LogP contribution >= 0.6 is 11.8 Å². The van der Waals surface area contributed by atoms with Crippen LogP contribution in [0, 0.1) is 10.1 Å². The number of aryl methyl sites for hydroxylation is 1. The fraction of sp³-hybridized carbons (Fsp3) is 0.273. The maximum Gasteiger partial charge on any atom is 0.275 e. The molecule has 0 amide bonds. The van der Waals surface area contributed by atoms with Crippen molar-refractivity contribution in [2.75, 3.05) is 11.9 Å². The molecule has 0 aliphatic rings. The van der Waals surface area contributed by atoms with Crippen LogP contribution < -0.4 is 5.32 Å². The van der Waals surface area contributed by atoms with Crippen molar-refractivity contribution in [2.45, 2.75) is 16.8 Å². The summed E-state index contributed by atoms with van der Waals surface area (Å²) < 4.78 is 1.67. The van der Waals surface area contributed by atoms with Crippen molar-refractivity contribution in [3.05, 3.63) is 34.6 Å². The van der Waals surface area contributed by atoms with Crippen LogP contribution in [-0.4, -0.2) is 26.2 Å². The highest BCUT2D eigenvalue weighted by Crippen LogP contribution is 2.29. The van der Waals surface area contributed by atoms with Gasteiger partial charge < -0.3 is 5.32 Å². The molecule has 2 heterocycles. The van der Waals surface area contributed by atoms with Gasteiger partial charge in [0.15, 0.2) is 0 Å². The Labute approximate surface area is 114 Å². The van der Waals surface area contributed by atoms with Gasteiger partial charge in [-0.15, -0.1) is 0 Å². The van der Waals surface area contributed by atoms with E-state index in [1.807, 2.05) is 20.2 Å². The summed E-state index contributed by atoms with van der Waals surface area (Å²) >= 11 is 1.34. The van der Waals surface area contributed by atoms with E-state index in [-0.39, 0.29) is 5.69 Å². The summed E-state index contributed by atoms with van der Waals surface area (Å²) in [6.07, 6.45) is 3.52. The van der Waals surface area contributed by atoms with Gasteiger partial charge in [-0.05, 0) is 6.92 Å². The third-order valence-corrected chi connectivity index (χ3v) is 3.12. The van der Waals surface area contributed by atoms with E-state index in [2.05, 4.69) is 15.4 Å². The van der Waals surface area contributed by atoms with E-state index in [1.165, 1.54) is 23.9 Å². The van der Waals surface area contributed by atoms with Crippen LogP contribution in [0.5, 0.6) is 0 Å². The molecule has 7 nitrogen and oxygen atoms in total. The molecule has 100 valence electrons. The van der Waals surface area contributed by atoms with Crippen LogP contribution in [0.1, 0.15) is 6.92 Å². The number of nitrogens with one attached hydrogen (secondary N) is 1. The summed E-state index contributed by atoms with van der Waals surface area (Å²) in [7, 11) is 1.81. The van der Waals surface area contributed by atoms with Gasteiger partial charge in [-0.3, -0.25) is 14.8 Å². The van der Waals surface area contributed by atoms with Gasteiger partial charge in [0.1, 0.15) is 10.8 Å². The van der Waals surface area contributed by atoms with Crippen molar-refractivity contribution in [1.29, 1.82) is 0 Å². The van der Waals surface area contributed by atoms with E-state index in [9.17, 15) is 10.1 Å². The lowest BCUT2D eigenvalue weighted by Crippen LogP contribution is -2.01. The molecule has 0 radical (unpaired) electrons. The molecular weight excluding hydrogens is 266 g/mol. The highest BCUT2D eigenvalue weighted by Gasteiger charge is 2.12. The van der Waals surface area contributed by atoms with Crippen molar-refractivity contribution in [3.8, 4) is 0 Å². The molecule has 0 aromatic carbocycles. The maximum atomic E-state index is 10.9. The average molecular weight is 279 g/mol. The SMILES string of the molecule is CCNc1cc([N+](=O)[O-])cc(Sc2cnn(C)c2)n1. The van der Waals surface area contributed by atoms with Crippen LogP contribution in [0.25, 0.3) is 0 Å². The number of pyridine rings is 1. The number of hydrogen-bond acceptors (Lipinski definition) is 6. The lowest BCUT2D eigenvalue weighted by Gasteiger charge is -2.04. The third-order valence-electron chi connectivity index (χ3n) is 2.26. The first-order valence-corrected chi connectivity index (χ1v) is 6.47. The van der Waals surface area contributed by atoms with Crippen LogP contribution in [0.3, 0.4) is 0 Å². The number of aromatic nitrogens is 3. The zero-order valence-corrected chi connectivity index (χ0v) is 11.3. The van der Waals surface area contributed by atoms with Gasteiger partial charge in [0.05, 0.1) is 22.1 Å². The second-order valence-electron chi connectivity index (χ2n) is 3.79. The fourth-order valence-corrected chi connectivity index (χ4v) is 2.36. The van der Waals surface area contributed by atoms with Crippen molar-refractivity contribution >= 4 is 23.3 Å². The molecule has 0 fully saturated rings. The topological polar surface area (TPSA) is 85.9 Å². The first-order valence-electron chi connectivity index (χ1n) is 5.65. The number of hydrogen-bond donors (Lipinski definition) is 1. The Morgan fingerprint density at radius 3 is 2.89 bits per heavy atom. The second kappa shape index (κ2) is 5.70. The van der Waals surface area contributed by atoms with E-state index in [4.69, 9.17) is 0 Å². The molecule has 0 unspecified atom stereocenters. The quantitative estimate of drug-likeness (QED) is 0.667. The molecule has 0 aliphatic heterocycles. The first kappa shape index (κ1) is 13.3. The van der Waals surface area contributed by atoms with Crippen molar-refractivity contribution < 1.29 is 4.92 Å². The number of rotatable bonds is 5. The smallest absolute Gasteiger partial charge is 0.275 e. The molecule has 0 atom stereocenters. The molecule has 19 heavy (non-hydrogen) atoms. The summed E-state index contributed by atoms with van der Waals surface area (Å²) in [6, 6.07) is 2.88. The predicted octanol–water partition coefficient (Wildman–Crippen LogP) is 2.31. The van der Waals surface area contributed by atoms with Gasteiger partial charge >= 0.3 is 0 Å². The molecule has 8 heteroatoms. The minimum Gasteiger partial charge on any atom is -0.370 e. The van der Waals surface area contributed by atoms with Crippen molar-refractivity contribution in [3.63, 3.8) is 0 Å². The molecular formula is C11H13N5O2S. The van der Waals surface area contributed by atoms with E-state index < -0.39 is 4.92 Å². The Morgan fingerprint density at radius 1 is 1.53 bits per heavy atom. The van der Waals surface area contributed by atoms with Crippen molar-refractivity contribution in [1.82, 2.24) is 14.8 Å². The van der Waals surface area contributed by atoms with E-state index >= 15 is 0 Å². The lowest BCUT2D eigenvalue weighted by molar-refractivity contribution is -0.385. The molecule has 1 N–H and O–H groups in total. The maximum absolute atomic E-state index is 10.9. The number of nitro groups is 1. The minimum atomic E-state index is -0.421. The van der Waals surface area contributed by atoms with Crippen molar-refractivity contribution in [2.24, 2.45) is 7.05 Å². The van der Waals surface area contributed by atoms with E-state index in [1.54, 1.807) is 10.9 Å². The Hall–Kier alpha value is -2.09. The van der Waals surface area contributed by atoms with Crippen LogP contribution in [0.4, 0.5) is 11.5 Å². The molecule has 0 spiro atoms. The van der Waals surface area contributed by atoms with Gasteiger partial charge in [-0.25, -0.2) is 4.98 Å². The summed E-state index contributed by atoms with van der Waals surface area (Å²) in [5.41, 5.74) is 0.0253. The Balaban J connectivity index is 2.30. The largest absolute Gasteiger partial charge is 0.370 e. The Bertz CT molecular complexity index is 599. The zero-order valence-electron chi connectivity index (χ0n) is 10.5. The Morgan fingerprint density at radius 2 is 2.32 bits per heavy atom. The predicted molar refractivity (Wildman–Crippen MR) is 72.4 cm³/mol. The first-order chi connectivity index (χ1) is 9.08. The summed E-state index contributed by atoms with van der Waals surface area (Å²) in [5.74, 6) is 0.503. The third kappa shape index (κ3) is 3.44. The summed E-state index contributed by atoms with van der Waals surface area (Å²) in [5, 5.41) is 18.5. The highest BCUT2D eigenvalue weighted by atomic mass is 32.2. The number of nitrogens with zero attached hydrogens (tertiary/aromatic N) is 4.